The second-order valence-electron chi connectivity index (χ2n) is 3.43. The van der Waals surface area contributed by atoms with E-state index in [1.54, 1.807) is 6.92 Å². The molecule has 1 nitrogen and oxygen atoms in total. The zero-order valence-electron chi connectivity index (χ0n) is 6.91. The number of rotatable bonds is 1. The molecule has 0 spiro atoms. The first-order valence-electron chi connectivity index (χ1n) is 3.20. The van der Waals surface area contributed by atoms with Crippen LogP contribution in [0.15, 0.2) is 0 Å². The molecule has 0 aromatic heterocycles. The minimum atomic E-state index is -0.761. The summed E-state index contributed by atoms with van der Waals surface area (Å²) in [5.41, 5.74) is 0. The monoisotopic (exact) mass is 143 g/mol. The molecular weight excluding hydrogens is 128 g/mol. The Balaban J connectivity index is 4.04. The summed E-state index contributed by atoms with van der Waals surface area (Å²) in [5, 5.41) is 0.615. The lowest BCUT2D eigenvalue weighted by molar-refractivity contribution is -0.110. The Morgan fingerprint density at radius 2 is 1.67 bits per heavy atom. The van der Waals surface area contributed by atoms with Gasteiger partial charge in [-0.1, -0.05) is 27.3 Å². The van der Waals surface area contributed by atoms with Gasteiger partial charge in [-0.05, 0) is 12.0 Å². The quantitative estimate of drug-likeness (QED) is 0.513. The van der Waals surface area contributed by atoms with Crippen molar-refractivity contribution in [2.45, 2.75) is 39.3 Å². The van der Waals surface area contributed by atoms with Crippen molar-refractivity contribution in [1.29, 1.82) is 0 Å². The third-order valence-electron chi connectivity index (χ3n) is 1.65. The average molecular weight is 143 g/mol. The highest BCUT2D eigenvalue weighted by Gasteiger charge is 2.25. The van der Waals surface area contributed by atoms with Crippen LogP contribution in [0.4, 0.5) is 0 Å². The molecule has 0 rings (SSSR count). The molecule has 0 heterocycles. The third-order valence-corrected chi connectivity index (χ3v) is 4.96. The first-order chi connectivity index (χ1) is 3.85. The van der Waals surface area contributed by atoms with Gasteiger partial charge in [0.05, 0.1) is 0 Å². The molecule has 0 aromatic carbocycles. The predicted molar refractivity (Wildman–Crippen MR) is 42.0 cm³/mol. The molecule has 2 heteroatoms. The lowest BCUT2D eigenvalue weighted by Crippen LogP contribution is -2.29. The van der Waals surface area contributed by atoms with E-state index in [2.05, 4.69) is 27.3 Å². The Bertz CT molecular complexity index is 113. The van der Waals surface area contributed by atoms with Crippen LogP contribution in [-0.2, 0) is 4.79 Å². The third kappa shape index (κ3) is 2.80. The zero-order chi connectivity index (χ0) is 7.65. The molecule has 0 amide bonds. The van der Waals surface area contributed by atoms with Crippen molar-refractivity contribution in [1.82, 2.24) is 0 Å². The summed E-state index contributed by atoms with van der Waals surface area (Å²) >= 11 is 0. The van der Waals surface area contributed by atoms with E-state index >= 15 is 0 Å². The summed E-state index contributed by atoms with van der Waals surface area (Å²) in [6.45, 7) is 10.2. The fourth-order valence-electron chi connectivity index (χ4n) is 0.528. The summed E-state index contributed by atoms with van der Waals surface area (Å²) in [6.07, 6.45) is 0. The van der Waals surface area contributed by atoms with Crippen LogP contribution >= 0.6 is 0 Å². The van der Waals surface area contributed by atoms with Crippen LogP contribution in [0, 0.1) is 0 Å². The summed E-state index contributed by atoms with van der Waals surface area (Å²) in [6, 6.07) is 0. The molecule has 0 aromatic rings. The fraction of sp³-hybridized carbons (Fsp3) is 0.857. The van der Waals surface area contributed by atoms with Gasteiger partial charge in [-0.3, -0.25) is 0 Å². The molecule has 0 fully saturated rings. The van der Waals surface area contributed by atoms with Crippen LogP contribution in [0.3, 0.4) is 0 Å². The van der Waals surface area contributed by atoms with Gasteiger partial charge in [-0.25, -0.2) is 0 Å². The lowest BCUT2D eigenvalue weighted by atomic mass is 10.2. The van der Waals surface area contributed by atoms with Gasteiger partial charge in [0.1, 0.15) is 14.2 Å². The van der Waals surface area contributed by atoms with Crippen molar-refractivity contribution >= 4 is 14.2 Å². The van der Waals surface area contributed by atoms with Crippen LogP contribution in [0.2, 0.25) is 11.6 Å². The fourth-order valence-corrected chi connectivity index (χ4v) is 1.58. The highest BCUT2D eigenvalue weighted by Crippen LogP contribution is 2.26. The molecule has 0 atom stereocenters. The van der Waals surface area contributed by atoms with Gasteiger partial charge in [0.15, 0.2) is 0 Å². The molecule has 0 bridgehead atoms. The second-order valence-corrected chi connectivity index (χ2v) is 6.89. The van der Waals surface area contributed by atoms with E-state index in [-0.39, 0.29) is 5.04 Å². The first-order valence-corrected chi connectivity index (χ1v) is 5.20. The molecule has 1 radical (unpaired) electrons. The maximum atomic E-state index is 10.8. The van der Waals surface area contributed by atoms with Crippen LogP contribution in [0.25, 0.3) is 0 Å². The normalized spacial score (nSPS) is 12.2. The van der Waals surface area contributed by atoms with E-state index in [0.717, 1.165) is 0 Å². The SMILES string of the molecule is CC(=O)[Si](C)C(C)(C)C. The molecule has 9 heavy (non-hydrogen) atoms. The number of carbonyl (C=O) groups is 1. The molecule has 0 aliphatic heterocycles. The van der Waals surface area contributed by atoms with Crippen molar-refractivity contribution in [3.8, 4) is 0 Å². The van der Waals surface area contributed by atoms with Gasteiger partial charge in [0, 0.05) is 0 Å². The molecule has 0 aliphatic rings. The highest BCUT2D eigenvalue weighted by molar-refractivity contribution is 6.90. The minimum absolute atomic E-state index is 0.233. The Kier molecular flexibility index (Phi) is 2.61. The van der Waals surface area contributed by atoms with E-state index in [1.807, 2.05) is 0 Å². The Hall–Kier alpha value is -0.113. The largest absolute Gasteiger partial charge is 0.306 e. The van der Waals surface area contributed by atoms with Crippen LogP contribution in [-0.4, -0.2) is 14.2 Å². The van der Waals surface area contributed by atoms with E-state index in [4.69, 9.17) is 0 Å². The Morgan fingerprint density at radius 1 is 1.33 bits per heavy atom. The molecule has 0 saturated heterocycles. The van der Waals surface area contributed by atoms with Crippen LogP contribution < -0.4 is 0 Å². The number of hydrogen-bond donors (Lipinski definition) is 0. The van der Waals surface area contributed by atoms with Crippen LogP contribution in [0.1, 0.15) is 27.7 Å². The average Bonchev–Trinajstić information content (AvgIpc) is 1.62. The number of hydrogen-bond acceptors (Lipinski definition) is 1. The summed E-state index contributed by atoms with van der Waals surface area (Å²) < 4.78 is 0. The van der Waals surface area contributed by atoms with Gasteiger partial charge >= 0.3 is 0 Å². The number of carbonyl (C=O) groups excluding carboxylic acids is 1. The van der Waals surface area contributed by atoms with Gasteiger partial charge in [0.2, 0.25) is 0 Å². The van der Waals surface area contributed by atoms with Gasteiger partial charge in [0.25, 0.3) is 0 Å². The summed E-state index contributed by atoms with van der Waals surface area (Å²) in [5.74, 6) is 0. The van der Waals surface area contributed by atoms with E-state index in [9.17, 15) is 4.79 Å². The molecule has 53 valence electrons. The molecule has 0 aliphatic carbocycles. The molecule has 0 saturated carbocycles. The maximum Gasteiger partial charge on any atom is 0.136 e. The zero-order valence-corrected chi connectivity index (χ0v) is 7.91. The Labute approximate surface area is 59.1 Å². The van der Waals surface area contributed by atoms with E-state index < -0.39 is 8.80 Å². The van der Waals surface area contributed by atoms with Crippen LogP contribution in [0.5, 0.6) is 0 Å². The van der Waals surface area contributed by atoms with Crippen molar-refractivity contribution in [3.05, 3.63) is 0 Å². The minimum Gasteiger partial charge on any atom is -0.306 e. The van der Waals surface area contributed by atoms with Crippen molar-refractivity contribution in [3.63, 3.8) is 0 Å². The van der Waals surface area contributed by atoms with Crippen molar-refractivity contribution in [2.24, 2.45) is 0 Å². The van der Waals surface area contributed by atoms with E-state index in [0.29, 0.717) is 5.41 Å². The first kappa shape index (κ1) is 8.89. The van der Waals surface area contributed by atoms with E-state index in [1.165, 1.54) is 0 Å². The standard InChI is InChI=1S/C7H15OSi/c1-6(8)9(5)7(2,3)4/h1-5H3. The highest BCUT2D eigenvalue weighted by atomic mass is 28.3. The lowest BCUT2D eigenvalue weighted by Gasteiger charge is -2.22. The topological polar surface area (TPSA) is 17.1 Å². The summed E-state index contributed by atoms with van der Waals surface area (Å²) in [4.78, 5) is 10.8. The van der Waals surface area contributed by atoms with Gasteiger partial charge < -0.3 is 4.79 Å². The van der Waals surface area contributed by atoms with Gasteiger partial charge in [-0.15, -0.1) is 0 Å². The van der Waals surface area contributed by atoms with Crippen molar-refractivity contribution < 1.29 is 4.79 Å². The van der Waals surface area contributed by atoms with Gasteiger partial charge in [-0.2, -0.15) is 0 Å². The molecule has 0 N–H and O–H groups in total. The predicted octanol–water partition coefficient (Wildman–Crippen LogP) is 2.04. The smallest absolute Gasteiger partial charge is 0.136 e. The molecule has 0 unspecified atom stereocenters. The molecular formula is C7H15OSi. The maximum absolute atomic E-state index is 10.8. The second kappa shape index (κ2) is 2.65. The Morgan fingerprint density at radius 3 is 1.67 bits per heavy atom. The van der Waals surface area contributed by atoms with Crippen molar-refractivity contribution in [2.75, 3.05) is 0 Å². The summed E-state index contributed by atoms with van der Waals surface area (Å²) in [7, 11) is -0.761.